The number of nitrogens with one attached hydrogen (secondary N) is 1. The van der Waals surface area contributed by atoms with Crippen molar-refractivity contribution in [2.24, 2.45) is 0 Å². The maximum absolute atomic E-state index is 5.31. The second-order valence-electron chi connectivity index (χ2n) is 5.19. The normalized spacial score (nSPS) is 24.7. The molecule has 3 rings (SSSR count). The Morgan fingerprint density at radius 1 is 1.42 bits per heavy atom. The zero-order valence-corrected chi connectivity index (χ0v) is 12.0. The molecule has 6 heteroatoms. The highest BCUT2D eigenvalue weighted by atomic mass is 32.1. The van der Waals surface area contributed by atoms with Gasteiger partial charge in [-0.25, -0.2) is 0 Å². The summed E-state index contributed by atoms with van der Waals surface area (Å²) in [6.45, 7) is 7.20. The van der Waals surface area contributed by atoms with E-state index < -0.39 is 0 Å². The van der Waals surface area contributed by atoms with Gasteiger partial charge in [-0.05, 0) is 25.3 Å². The largest absolute Gasteiger partial charge is 0.334 e. The van der Waals surface area contributed by atoms with Crippen LogP contribution in [0.2, 0.25) is 0 Å². The lowest BCUT2D eigenvalue weighted by molar-refractivity contribution is 0.161. The van der Waals surface area contributed by atoms with E-state index in [1.807, 2.05) is 16.8 Å². The van der Waals surface area contributed by atoms with Gasteiger partial charge in [0.05, 0.1) is 12.1 Å². The first-order chi connectivity index (χ1) is 9.20. The molecule has 0 aromatic carbocycles. The molecule has 19 heavy (non-hydrogen) atoms. The molecule has 5 nitrogen and oxygen atoms in total. The van der Waals surface area contributed by atoms with Crippen molar-refractivity contribution in [1.82, 2.24) is 20.4 Å². The minimum Gasteiger partial charge on any atom is -0.334 e. The fraction of sp³-hybridized carbons (Fsp3) is 0.538. The number of thiophene rings is 1. The maximum Gasteiger partial charge on any atom is 0.258 e. The molecule has 1 fully saturated rings. The molecular formula is C13H18N4OS. The van der Waals surface area contributed by atoms with Gasteiger partial charge in [0.2, 0.25) is 0 Å². The Labute approximate surface area is 116 Å². The molecule has 0 bridgehead atoms. The van der Waals surface area contributed by atoms with Gasteiger partial charge in [0.25, 0.3) is 5.89 Å². The first kappa shape index (κ1) is 12.8. The van der Waals surface area contributed by atoms with Gasteiger partial charge in [0.15, 0.2) is 5.82 Å². The summed E-state index contributed by atoms with van der Waals surface area (Å²) in [5, 5.41) is 11.6. The number of piperazine rings is 1. The van der Waals surface area contributed by atoms with Crippen LogP contribution in [0.1, 0.15) is 19.7 Å². The second kappa shape index (κ2) is 5.40. The van der Waals surface area contributed by atoms with Gasteiger partial charge in [0.1, 0.15) is 0 Å². The number of hydrogen-bond donors (Lipinski definition) is 1. The number of aromatic nitrogens is 2. The van der Waals surface area contributed by atoms with Crippen LogP contribution in [-0.2, 0) is 6.54 Å². The van der Waals surface area contributed by atoms with Crippen molar-refractivity contribution >= 4 is 11.3 Å². The van der Waals surface area contributed by atoms with E-state index in [-0.39, 0.29) is 0 Å². The molecule has 1 aliphatic rings. The molecule has 1 saturated heterocycles. The highest BCUT2D eigenvalue weighted by Gasteiger charge is 2.22. The molecule has 0 amide bonds. The van der Waals surface area contributed by atoms with E-state index in [1.54, 1.807) is 11.3 Å². The van der Waals surface area contributed by atoms with E-state index in [9.17, 15) is 0 Å². The van der Waals surface area contributed by atoms with Crippen LogP contribution in [0, 0.1) is 0 Å². The zero-order chi connectivity index (χ0) is 13.2. The highest BCUT2D eigenvalue weighted by molar-refractivity contribution is 7.08. The predicted octanol–water partition coefficient (Wildman–Crippen LogP) is 1.98. The summed E-state index contributed by atoms with van der Waals surface area (Å²) < 4.78 is 5.31. The first-order valence-electron chi connectivity index (χ1n) is 6.54. The van der Waals surface area contributed by atoms with E-state index in [2.05, 4.69) is 34.2 Å². The quantitative estimate of drug-likeness (QED) is 0.930. The van der Waals surface area contributed by atoms with Crippen molar-refractivity contribution in [3.8, 4) is 11.5 Å². The van der Waals surface area contributed by atoms with Crippen LogP contribution in [0.15, 0.2) is 21.3 Å². The summed E-state index contributed by atoms with van der Waals surface area (Å²) in [6, 6.07) is 3.01. The maximum atomic E-state index is 5.31. The van der Waals surface area contributed by atoms with Crippen LogP contribution in [0.5, 0.6) is 0 Å². The lowest BCUT2D eigenvalue weighted by Gasteiger charge is -2.35. The van der Waals surface area contributed by atoms with Crippen LogP contribution in [-0.4, -0.2) is 40.2 Å². The predicted molar refractivity (Wildman–Crippen MR) is 74.9 cm³/mol. The van der Waals surface area contributed by atoms with Crippen LogP contribution >= 0.6 is 11.3 Å². The molecule has 1 aliphatic heterocycles. The Kier molecular flexibility index (Phi) is 3.63. The van der Waals surface area contributed by atoms with Gasteiger partial charge < -0.3 is 9.84 Å². The summed E-state index contributed by atoms with van der Waals surface area (Å²) in [7, 11) is 0. The summed E-state index contributed by atoms with van der Waals surface area (Å²) in [5.74, 6) is 1.38. The van der Waals surface area contributed by atoms with Crippen LogP contribution in [0.3, 0.4) is 0 Å². The fourth-order valence-corrected chi connectivity index (χ4v) is 3.22. The Balaban J connectivity index is 1.67. The standard InChI is InChI=1S/C13H18N4OS/c1-9-5-17(6-10(2)14-9)7-12-15-13(18-16-12)11-3-4-19-8-11/h3-4,8-10,14H,5-7H2,1-2H3. The minimum absolute atomic E-state index is 0.506. The highest BCUT2D eigenvalue weighted by Crippen LogP contribution is 2.20. The van der Waals surface area contributed by atoms with Gasteiger partial charge in [-0.3, -0.25) is 4.90 Å². The SMILES string of the molecule is CC1CN(Cc2noc(-c3ccsc3)n2)CC(C)N1. The summed E-state index contributed by atoms with van der Waals surface area (Å²) in [4.78, 5) is 6.83. The van der Waals surface area contributed by atoms with Crippen molar-refractivity contribution < 1.29 is 4.52 Å². The molecule has 102 valence electrons. The first-order valence-corrected chi connectivity index (χ1v) is 7.48. The number of hydrogen-bond acceptors (Lipinski definition) is 6. The van der Waals surface area contributed by atoms with E-state index in [1.165, 1.54) is 0 Å². The zero-order valence-electron chi connectivity index (χ0n) is 11.2. The average molecular weight is 278 g/mol. The van der Waals surface area contributed by atoms with Gasteiger partial charge >= 0.3 is 0 Å². The van der Waals surface area contributed by atoms with Crippen molar-refractivity contribution in [2.75, 3.05) is 13.1 Å². The third-order valence-electron chi connectivity index (χ3n) is 3.23. The van der Waals surface area contributed by atoms with Crippen LogP contribution in [0.25, 0.3) is 11.5 Å². The summed E-state index contributed by atoms with van der Waals surface area (Å²) in [5.41, 5.74) is 1.01. The Morgan fingerprint density at radius 2 is 2.21 bits per heavy atom. The minimum atomic E-state index is 0.506. The Hall–Kier alpha value is -1.24. The monoisotopic (exact) mass is 278 g/mol. The van der Waals surface area contributed by atoms with Crippen molar-refractivity contribution in [1.29, 1.82) is 0 Å². The van der Waals surface area contributed by atoms with Crippen molar-refractivity contribution in [3.05, 3.63) is 22.7 Å². The van der Waals surface area contributed by atoms with Crippen LogP contribution in [0.4, 0.5) is 0 Å². The molecular weight excluding hydrogens is 260 g/mol. The van der Waals surface area contributed by atoms with Gasteiger partial charge in [-0.1, -0.05) is 5.16 Å². The molecule has 2 aromatic heterocycles. The molecule has 2 atom stereocenters. The molecule has 2 unspecified atom stereocenters. The molecule has 2 aromatic rings. The lowest BCUT2D eigenvalue weighted by Crippen LogP contribution is -2.53. The summed E-state index contributed by atoms with van der Waals surface area (Å²) in [6.07, 6.45) is 0. The van der Waals surface area contributed by atoms with E-state index >= 15 is 0 Å². The lowest BCUT2D eigenvalue weighted by atomic mass is 10.1. The second-order valence-corrected chi connectivity index (χ2v) is 5.97. The van der Waals surface area contributed by atoms with E-state index in [0.29, 0.717) is 18.0 Å². The van der Waals surface area contributed by atoms with Crippen LogP contribution < -0.4 is 5.32 Å². The molecule has 0 aliphatic carbocycles. The smallest absolute Gasteiger partial charge is 0.258 e. The van der Waals surface area contributed by atoms with Gasteiger partial charge in [-0.2, -0.15) is 16.3 Å². The molecule has 3 heterocycles. The van der Waals surface area contributed by atoms with Crippen molar-refractivity contribution in [2.45, 2.75) is 32.5 Å². The Bertz CT molecular complexity index is 514. The third kappa shape index (κ3) is 3.02. The van der Waals surface area contributed by atoms with E-state index in [4.69, 9.17) is 4.52 Å². The van der Waals surface area contributed by atoms with Gasteiger partial charge in [0, 0.05) is 30.6 Å². The molecule has 0 radical (unpaired) electrons. The molecule has 0 spiro atoms. The summed E-state index contributed by atoms with van der Waals surface area (Å²) >= 11 is 1.63. The number of nitrogens with zero attached hydrogens (tertiary/aromatic N) is 3. The van der Waals surface area contributed by atoms with E-state index in [0.717, 1.165) is 31.0 Å². The Morgan fingerprint density at radius 3 is 2.89 bits per heavy atom. The third-order valence-corrected chi connectivity index (χ3v) is 3.92. The fourth-order valence-electron chi connectivity index (χ4n) is 2.59. The van der Waals surface area contributed by atoms with Crippen molar-refractivity contribution in [3.63, 3.8) is 0 Å². The average Bonchev–Trinajstić information content (AvgIpc) is 2.96. The number of rotatable bonds is 3. The topological polar surface area (TPSA) is 54.2 Å². The molecule has 0 saturated carbocycles. The van der Waals surface area contributed by atoms with Gasteiger partial charge in [-0.15, -0.1) is 0 Å². The molecule has 1 N–H and O–H groups in total.